The van der Waals surface area contributed by atoms with Gasteiger partial charge in [0.25, 0.3) is 0 Å². The molecule has 1 saturated heterocycles. The lowest BCUT2D eigenvalue weighted by atomic mass is 9.88. The number of benzene rings is 1. The van der Waals surface area contributed by atoms with Gasteiger partial charge in [-0.05, 0) is 32.0 Å². The van der Waals surface area contributed by atoms with Gasteiger partial charge in [0.15, 0.2) is 11.5 Å². The predicted molar refractivity (Wildman–Crippen MR) is 79.9 cm³/mol. The summed E-state index contributed by atoms with van der Waals surface area (Å²) >= 11 is 6.42. The van der Waals surface area contributed by atoms with Crippen molar-refractivity contribution in [1.82, 2.24) is 5.32 Å². The van der Waals surface area contributed by atoms with Crippen LogP contribution in [-0.4, -0.2) is 34.0 Å². The molecule has 20 heavy (non-hydrogen) atoms. The van der Waals surface area contributed by atoms with Crippen LogP contribution in [0.4, 0.5) is 0 Å². The first-order valence-corrected chi connectivity index (χ1v) is 7.20. The van der Waals surface area contributed by atoms with E-state index in [4.69, 9.17) is 25.8 Å². The van der Waals surface area contributed by atoms with Crippen LogP contribution in [-0.2, 0) is 4.74 Å². The smallest absolute Gasteiger partial charge is 0.162 e. The Morgan fingerprint density at radius 3 is 2.45 bits per heavy atom. The van der Waals surface area contributed by atoms with Crippen LogP contribution in [0.3, 0.4) is 0 Å². The van der Waals surface area contributed by atoms with Crippen molar-refractivity contribution in [2.24, 2.45) is 5.92 Å². The SMILES string of the molecule is CNC(c1cc(OC)c(OC)cc1Cl)C1CCOC1C. The molecule has 0 saturated carbocycles. The molecular weight excluding hydrogens is 278 g/mol. The lowest BCUT2D eigenvalue weighted by Crippen LogP contribution is -2.29. The third-order valence-corrected chi connectivity index (χ3v) is 4.34. The Hall–Kier alpha value is -0.970. The second-order valence-corrected chi connectivity index (χ2v) is 5.43. The van der Waals surface area contributed by atoms with Crippen molar-refractivity contribution in [2.75, 3.05) is 27.9 Å². The summed E-state index contributed by atoms with van der Waals surface area (Å²) in [5.74, 6) is 1.74. The Bertz CT molecular complexity index is 467. The van der Waals surface area contributed by atoms with Crippen molar-refractivity contribution in [3.8, 4) is 11.5 Å². The van der Waals surface area contributed by atoms with E-state index >= 15 is 0 Å². The summed E-state index contributed by atoms with van der Waals surface area (Å²) in [4.78, 5) is 0. The topological polar surface area (TPSA) is 39.7 Å². The summed E-state index contributed by atoms with van der Waals surface area (Å²) in [5.41, 5.74) is 1.02. The molecule has 3 atom stereocenters. The first-order valence-electron chi connectivity index (χ1n) is 6.82. The van der Waals surface area contributed by atoms with E-state index in [2.05, 4.69) is 12.2 Å². The van der Waals surface area contributed by atoms with E-state index in [1.807, 2.05) is 13.1 Å². The van der Waals surface area contributed by atoms with Crippen LogP contribution >= 0.6 is 11.6 Å². The maximum absolute atomic E-state index is 6.42. The van der Waals surface area contributed by atoms with Crippen LogP contribution in [0.15, 0.2) is 12.1 Å². The number of rotatable bonds is 5. The molecule has 0 radical (unpaired) electrons. The van der Waals surface area contributed by atoms with E-state index in [9.17, 15) is 0 Å². The van der Waals surface area contributed by atoms with Crippen molar-refractivity contribution in [2.45, 2.75) is 25.5 Å². The molecule has 112 valence electrons. The van der Waals surface area contributed by atoms with Gasteiger partial charge in [-0.3, -0.25) is 0 Å². The zero-order valence-corrected chi connectivity index (χ0v) is 13.2. The highest BCUT2D eigenvalue weighted by molar-refractivity contribution is 6.31. The summed E-state index contributed by atoms with van der Waals surface area (Å²) in [7, 11) is 5.18. The summed E-state index contributed by atoms with van der Waals surface area (Å²) in [6.45, 7) is 2.91. The molecule has 1 aliphatic heterocycles. The minimum atomic E-state index is 0.139. The fraction of sp³-hybridized carbons (Fsp3) is 0.600. The summed E-state index contributed by atoms with van der Waals surface area (Å²) in [6, 6.07) is 3.90. The van der Waals surface area contributed by atoms with Gasteiger partial charge in [0.2, 0.25) is 0 Å². The quantitative estimate of drug-likeness (QED) is 0.907. The lowest BCUT2D eigenvalue weighted by Gasteiger charge is -2.27. The fourth-order valence-corrected chi connectivity index (χ4v) is 3.17. The van der Waals surface area contributed by atoms with Gasteiger partial charge in [-0.15, -0.1) is 0 Å². The van der Waals surface area contributed by atoms with E-state index in [1.165, 1.54) is 0 Å². The minimum absolute atomic E-state index is 0.139. The van der Waals surface area contributed by atoms with Gasteiger partial charge in [-0.2, -0.15) is 0 Å². The molecule has 0 bridgehead atoms. The Kier molecular flexibility index (Phi) is 5.13. The van der Waals surface area contributed by atoms with Gasteiger partial charge in [0.05, 0.1) is 20.3 Å². The van der Waals surface area contributed by atoms with Crippen LogP contribution in [0.2, 0.25) is 5.02 Å². The van der Waals surface area contributed by atoms with Crippen molar-refractivity contribution in [3.63, 3.8) is 0 Å². The highest BCUT2D eigenvalue weighted by Gasteiger charge is 2.33. The monoisotopic (exact) mass is 299 g/mol. The fourth-order valence-electron chi connectivity index (χ4n) is 2.89. The van der Waals surface area contributed by atoms with Crippen molar-refractivity contribution < 1.29 is 14.2 Å². The molecule has 1 aliphatic rings. The summed E-state index contributed by atoms with van der Waals surface area (Å²) < 4.78 is 16.3. The molecule has 0 amide bonds. The Balaban J connectivity index is 2.38. The van der Waals surface area contributed by atoms with Crippen molar-refractivity contribution >= 4 is 11.6 Å². The molecule has 0 spiro atoms. The van der Waals surface area contributed by atoms with E-state index < -0.39 is 0 Å². The number of hydrogen-bond acceptors (Lipinski definition) is 4. The van der Waals surface area contributed by atoms with Gasteiger partial charge in [-0.25, -0.2) is 0 Å². The third-order valence-electron chi connectivity index (χ3n) is 4.01. The summed E-state index contributed by atoms with van der Waals surface area (Å²) in [6.07, 6.45) is 1.24. The van der Waals surface area contributed by atoms with Gasteiger partial charge in [0, 0.05) is 29.7 Å². The normalized spacial score (nSPS) is 23.6. The van der Waals surface area contributed by atoms with Gasteiger partial charge >= 0.3 is 0 Å². The van der Waals surface area contributed by atoms with Crippen LogP contribution in [0, 0.1) is 5.92 Å². The zero-order valence-electron chi connectivity index (χ0n) is 12.4. The second kappa shape index (κ2) is 6.66. The molecule has 1 N–H and O–H groups in total. The molecule has 3 unspecified atom stereocenters. The van der Waals surface area contributed by atoms with Gasteiger partial charge in [0.1, 0.15) is 0 Å². The molecule has 0 aliphatic carbocycles. The molecule has 5 heteroatoms. The van der Waals surface area contributed by atoms with E-state index in [0.29, 0.717) is 22.4 Å². The molecule has 1 aromatic rings. The largest absolute Gasteiger partial charge is 0.493 e. The standard InChI is InChI=1S/C15H22ClNO3/c1-9-10(5-6-20-9)15(17-2)11-7-13(18-3)14(19-4)8-12(11)16/h7-10,15,17H,5-6H2,1-4H3. The van der Waals surface area contributed by atoms with E-state index in [0.717, 1.165) is 18.6 Å². The molecule has 1 heterocycles. The summed E-state index contributed by atoms with van der Waals surface area (Å²) in [5, 5.41) is 4.04. The molecule has 1 aromatic carbocycles. The first-order chi connectivity index (χ1) is 9.62. The van der Waals surface area contributed by atoms with Crippen LogP contribution in [0.5, 0.6) is 11.5 Å². The minimum Gasteiger partial charge on any atom is -0.493 e. The average Bonchev–Trinajstić information content (AvgIpc) is 2.87. The Morgan fingerprint density at radius 1 is 1.30 bits per heavy atom. The number of hydrogen-bond donors (Lipinski definition) is 1. The second-order valence-electron chi connectivity index (χ2n) is 5.02. The van der Waals surface area contributed by atoms with Crippen LogP contribution < -0.4 is 14.8 Å². The highest BCUT2D eigenvalue weighted by Crippen LogP contribution is 2.40. The molecule has 4 nitrogen and oxygen atoms in total. The number of nitrogens with one attached hydrogen (secondary N) is 1. The Labute approximate surface area is 125 Å². The van der Waals surface area contributed by atoms with E-state index in [1.54, 1.807) is 20.3 Å². The lowest BCUT2D eigenvalue weighted by molar-refractivity contribution is 0.0962. The predicted octanol–water partition coefficient (Wildman–Crippen LogP) is 3.04. The third kappa shape index (κ3) is 2.87. The van der Waals surface area contributed by atoms with Crippen molar-refractivity contribution in [1.29, 1.82) is 0 Å². The molecule has 2 rings (SSSR count). The molecule has 0 aromatic heterocycles. The Morgan fingerprint density at radius 2 is 1.95 bits per heavy atom. The molecular formula is C15H22ClNO3. The van der Waals surface area contributed by atoms with Crippen molar-refractivity contribution in [3.05, 3.63) is 22.7 Å². The molecule has 1 fully saturated rings. The number of ether oxygens (including phenoxy) is 3. The maximum atomic E-state index is 6.42. The zero-order chi connectivity index (χ0) is 14.7. The van der Waals surface area contributed by atoms with E-state index in [-0.39, 0.29) is 12.1 Å². The number of methoxy groups -OCH3 is 2. The number of halogens is 1. The maximum Gasteiger partial charge on any atom is 0.162 e. The van der Waals surface area contributed by atoms with Crippen LogP contribution in [0.1, 0.15) is 24.9 Å². The van der Waals surface area contributed by atoms with Crippen LogP contribution in [0.25, 0.3) is 0 Å². The first kappa shape index (κ1) is 15.4. The van der Waals surface area contributed by atoms with Gasteiger partial charge in [-0.1, -0.05) is 11.6 Å². The van der Waals surface area contributed by atoms with Gasteiger partial charge < -0.3 is 19.5 Å². The highest BCUT2D eigenvalue weighted by atomic mass is 35.5. The average molecular weight is 300 g/mol.